The third-order valence-electron chi connectivity index (χ3n) is 4.50. The first kappa shape index (κ1) is 16.0. The molecule has 1 amide bonds. The molecule has 3 aromatic rings. The van der Waals surface area contributed by atoms with E-state index in [-0.39, 0.29) is 11.9 Å². The molecule has 1 fully saturated rings. The van der Waals surface area contributed by atoms with Gasteiger partial charge in [0.2, 0.25) is 5.95 Å². The first-order chi connectivity index (χ1) is 12.3. The molecule has 1 aliphatic carbocycles. The van der Waals surface area contributed by atoms with E-state index in [9.17, 15) is 4.79 Å². The molecule has 0 spiro atoms. The largest absolute Gasteiger partial charge is 0.350 e. The van der Waals surface area contributed by atoms with Crippen LogP contribution in [0.4, 0.5) is 5.95 Å². The predicted molar refractivity (Wildman–Crippen MR) is 101 cm³/mol. The van der Waals surface area contributed by atoms with Crippen molar-refractivity contribution in [3.8, 4) is 0 Å². The Morgan fingerprint density at radius 1 is 1.12 bits per heavy atom. The van der Waals surface area contributed by atoms with E-state index >= 15 is 0 Å². The van der Waals surface area contributed by atoms with Crippen LogP contribution in [-0.2, 0) is 6.54 Å². The number of thiophene rings is 1. The summed E-state index contributed by atoms with van der Waals surface area (Å²) in [5.74, 6) is 0.399. The molecule has 2 heterocycles. The van der Waals surface area contributed by atoms with Gasteiger partial charge in [0, 0.05) is 12.6 Å². The summed E-state index contributed by atoms with van der Waals surface area (Å²) in [6.07, 6.45) is 4.49. The highest BCUT2D eigenvalue weighted by molar-refractivity contribution is 7.17. The second-order valence-corrected chi connectivity index (χ2v) is 7.24. The molecule has 25 heavy (non-hydrogen) atoms. The van der Waals surface area contributed by atoms with E-state index in [0.717, 1.165) is 28.6 Å². The Morgan fingerprint density at radius 2 is 1.92 bits per heavy atom. The average Bonchev–Trinajstić information content (AvgIpc) is 3.31. The number of aromatic nitrogens is 2. The first-order valence-corrected chi connectivity index (χ1v) is 9.51. The zero-order valence-corrected chi connectivity index (χ0v) is 14.7. The number of carbonyl (C=O) groups is 1. The number of carbonyl (C=O) groups excluding carboxylic acids is 1. The van der Waals surface area contributed by atoms with Crippen molar-refractivity contribution in [3.05, 3.63) is 53.0 Å². The van der Waals surface area contributed by atoms with Crippen molar-refractivity contribution in [2.75, 3.05) is 5.32 Å². The quantitative estimate of drug-likeness (QED) is 0.729. The summed E-state index contributed by atoms with van der Waals surface area (Å²) < 4.78 is 0.848. The molecule has 1 aromatic carbocycles. The Labute approximate surface area is 150 Å². The summed E-state index contributed by atoms with van der Waals surface area (Å²) in [5.41, 5.74) is 2.43. The molecule has 1 aliphatic rings. The molecule has 2 aromatic heterocycles. The Balaban J connectivity index is 1.57. The van der Waals surface area contributed by atoms with Crippen molar-refractivity contribution in [3.63, 3.8) is 0 Å². The van der Waals surface area contributed by atoms with Gasteiger partial charge in [-0.3, -0.25) is 4.79 Å². The molecule has 6 heteroatoms. The van der Waals surface area contributed by atoms with Crippen LogP contribution in [0.25, 0.3) is 10.2 Å². The standard InChI is InChI=1S/C19H20N4OS/c24-18(21-14-8-4-5-9-14)16-17-15(10-11-25-17)22-19(23-16)20-12-13-6-2-1-3-7-13/h1-3,6-7,10-11,14H,4-5,8-9,12H2,(H,21,24)(H,20,22,23). The maximum atomic E-state index is 12.7. The number of anilines is 1. The van der Waals surface area contributed by atoms with Crippen LogP contribution in [0.2, 0.25) is 0 Å². The fourth-order valence-corrected chi connectivity index (χ4v) is 4.01. The van der Waals surface area contributed by atoms with Gasteiger partial charge >= 0.3 is 0 Å². The van der Waals surface area contributed by atoms with Crippen molar-refractivity contribution in [1.29, 1.82) is 0 Å². The molecule has 2 N–H and O–H groups in total. The van der Waals surface area contributed by atoms with E-state index < -0.39 is 0 Å². The molecule has 0 unspecified atom stereocenters. The maximum Gasteiger partial charge on any atom is 0.271 e. The van der Waals surface area contributed by atoms with E-state index in [0.29, 0.717) is 18.2 Å². The summed E-state index contributed by atoms with van der Waals surface area (Å²) in [7, 11) is 0. The van der Waals surface area contributed by atoms with Crippen LogP contribution >= 0.6 is 11.3 Å². The molecule has 0 radical (unpaired) electrons. The maximum absolute atomic E-state index is 12.7. The van der Waals surface area contributed by atoms with Gasteiger partial charge in [-0.15, -0.1) is 11.3 Å². The molecule has 0 atom stereocenters. The Bertz CT molecular complexity index is 872. The summed E-state index contributed by atoms with van der Waals surface area (Å²) in [5, 5.41) is 8.31. The number of benzene rings is 1. The van der Waals surface area contributed by atoms with Gasteiger partial charge in [-0.1, -0.05) is 43.2 Å². The predicted octanol–water partition coefficient (Wildman–Crippen LogP) is 3.98. The van der Waals surface area contributed by atoms with Crippen molar-refractivity contribution < 1.29 is 4.79 Å². The van der Waals surface area contributed by atoms with E-state index in [1.54, 1.807) is 0 Å². The second-order valence-electron chi connectivity index (χ2n) is 6.32. The summed E-state index contributed by atoms with van der Waals surface area (Å²) >= 11 is 1.51. The van der Waals surface area contributed by atoms with Gasteiger partial charge in [-0.25, -0.2) is 9.97 Å². The van der Waals surface area contributed by atoms with Gasteiger partial charge in [0.15, 0.2) is 5.69 Å². The highest BCUT2D eigenvalue weighted by Crippen LogP contribution is 2.25. The second kappa shape index (κ2) is 7.19. The first-order valence-electron chi connectivity index (χ1n) is 8.63. The Kier molecular flexibility index (Phi) is 4.61. The zero-order chi connectivity index (χ0) is 17.1. The monoisotopic (exact) mass is 352 g/mol. The molecule has 5 nitrogen and oxygen atoms in total. The fraction of sp³-hybridized carbons (Fsp3) is 0.316. The molecule has 0 saturated heterocycles. The lowest BCUT2D eigenvalue weighted by Gasteiger charge is -2.13. The van der Waals surface area contributed by atoms with Crippen LogP contribution in [0.3, 0.4) is 0 Å². The molecule has 1 saturated carbocycles. The van der Waals surface area contributed by atoms with Crippen LogP contribution < -0.4 is 10.6 Å². The van der Waals surface area contributed by atoms with Gasteiger partial charge in [0.25, 0.3) is 5.91 Å². The average molecular weight is 352 g/mol. The Morgan fingerprint density at radius 3 is 2.72 bits per heavy atom. The minimum atomic E-state index is -0.0930. The molecular weight excluding hydrogens is 332 g/mol. The van der Waals surface area contributed by atoms with E-state index in [4.69, 9.17) is 0 Å². The van der Waals surface area contributed by atoms with Gasteiger partial charge in [-0.2, -0.15) is 0 Å². The summed E-state index contributed by atoms with van der Waals surface area (Å²) in [6, 6.07) is 12.3. The lowest BCUT2D eigenvalue weighted by atomic mass is 10.2. The number of amides is 1. The van der Waals surface area contributed by atoms with Crippen molar-refractivity contribution >= 4 is 33.4 Å². The van der Waals surface area contributed by atoms with E-state index in [1.165, 1.54) is 24.2 Å². The van der Waals surface area contributed by atoms with Gasteiger partial charge in [0.1, 0.15) is 0 Å². The van der Waals surface area contributed by atoms with Gasteiger partial charge in [0.05, 0.1) is 10.2 Å². The minimum absolute atomic E-state index is 0.0930. The number of hydrogen-bond donors (Lipinski definition) is 2. The number of fused-ring (bicyclic) bond motifs is 1. The Hall–Kier alpha value is -2.47. The SMILES string of the molecule is O=C(NC1CCCC1)c1nc(NCc2ccccc2)nc2ccsc12. The lowest BCUT2D eigenvalue weighted by Crippen LogP contribution is -2.33. The van der Waals surface area contributed by atoms with Gasteiger partial charge in [-0.05, 0) is 29.9 Å². The van der Waals surface area contributed by atoms with Crippen LogP contribution in [0.5, 0.6) is 0 Å². The number of nitrogens with one attached hydrogen (secondary N) is 2. The summed E-state index contributed by atoms with van der Waals surface area (Å²) in [6.45, 7) is 0.625. The molecular formula is C19H20N4OS. The smallest absolute Gasteiger partial charge is 0.271 e. The van der Waals surface area contributed by atoms with E-state index in [1.807, 2.05) is 41.8 Å². The third-order valence-corrected chi connectivity index (χ3v) is 5.41. The van der Waals surface area contributed by atoms with Crippen molar-refractivity contribution in [2.24, 2.45) is 0 Å². The number of nitrogens with zero attached hydrogens (tertiary/aromatic N) is 2. The minimum Gasteiger partial charge on any atom is -0.350 e. The van der Waals surface area contributed by atoms with Crippen LogP contribution in [0.15, 0.2) is 41.8 Å². The number of hydrogen-bond acceptors (Lipinski definition) is 5. The highest BCUT2D eigenvalue weighted by atomic mass is 32.1. The normalized spacial score (nSPS) is 14.7. The summed E-state index contributed by atoms with van der Waals surface area (Å²) in [4.78, 5) is 21.8. The molecule has 0 bridgehead atoms. The van der Waals surface area contributed by atoms with Crippen molar-refractivity contribution in [2.45, 2.75) is 38.3 Å². The molecule has 4 rings (SSSR count). The highest BCUT2D eigenvalue weighted by Gasteiger charge is 2.21. The van der Waals surface area contributed by atoms with Crippen LogP contribution in [-0.4, -0.2) is 21.9 Å². The topological polar surface area (TPSA) is 66.9 Å². The molecule has 0 aliphatic heterocycles. The van der Waals surface area contributed by atoms with Crippen molar-refractivity contribution in [1.82, 2.24) is 15.3 Å². The van der Waals surface area contributed by atoms with Gasteiger partial charge < -0.3 is 10.6 Å². The fourth-order valence-electron chi connectivity index (χ4n) is 3.20. The number of rotatable bonds is 5. The van der Waals surface area contributed by atoms with Crippen LogP contribution in [0.1, 0.15) is 41.7 Å². The van der Waals surface area contributed by atoms with Crippen LogP contribution in [0, 0.1) is 0 Å². The lowest BCUT2D eigenvalue weighted by molar-refractivity contribution is 0.0935. The third kappa shape index (κ3) is 3.64. The van der Waals surface area contributed by atoms with E-state index in [2.05, 4.69) is 20.6 Å². The molecule has 128 valence electrons. The zero-order valence-electron chi connectivity index (χ0n) is 13.9.